The van der Waals surface area contributed by atoms with Crippen molar-refractivity contribution in [1.82, 2.24) is 10.3 Å². The molecule has 0 aliphatic heterocycles. The second kappa shape index (κ2) is 5.01. The van der Waals surface area contributed by atoms with Crippen molar-refractivity contribution >= 4 is 22.7 Å². The Hall–Kier alpha value is -1.88. The summed E-state index contributed by atoms with van der Waals surface area (Å²) in [6.45, 7) is 8.13. The highest BCUT2D eigenvalue weighted by Crippen LogP contribution is 2.19. The van der Waals surface area contributed by atoms with Gasteiger partial charge in [-0.15, -0.1) is 0 Å². The minimum absolute atomic E-state index is 0.0745. The normalized spacial score (nSPS) is 11.8. The first kappa shape index (κ1) is 13.5. The molecule has 2 N–H and O–H groups in total. The summed E-state index contributed by atoms with van der Waals surface area (Å²) in [7, 11) is 0. The molecule has 0 radical (unpaired) electrons. The molecule has 1 aromatic heterocycles. The lowest BCUT2D eigenvalue weighted by Crippen LogP contribution is -2.41. The number of rotatable bonds is 3. The Morgan fingerprint density at radius 2 is 2.11 bits per heavy atom. The fraction of sp³-hybridized carbons (Fsp3) is 0.429. The monoisotopic (exact) mass is 261 g/mol. The number of anilines is 1. The second-order valence-corrected chi connectivity index (χ2v) is 5.57. The summed E-state index contributed by atoms with van der Waals surface area (Å²) >= 11 is 0. The van der Waals surface area contributed by atoms with E-state index in [-0.39, 0.29) is 18.0 Å². The zero-order valence-electron chi connectivity index (χ0n) is 11.7. The van der Waals surface area contributed by atoms with Gasteiger partial charge in [-0.1, -0.05) is 0 Å². The van der Waals surface area contributed by atoms with E-state index in [1.54, 1.807) is 13.0 Å². The first-order valence-electron chi connectivity index (χ1n) is 6.25. The van der Waals surface area contributed by atoms with Crippen LogP contribution in [-0.2, 0) is 4.79 Å². The van der Waals surface area contributed by atoms with Crippen LogP contribution < -0.4 is 10.6 Å². The molecule has 0 aliphatic rings. The number of nitrogens with zero attached hydrogens (tertiary/aromatic N) is 1. The van der Waals surface area contributed by atoms with Gasteiger partial charge in [0, 0.05) is 18.2 Å². The topological polar surface area (TPSA) is 67.2 Å². The van der Waals surface area contributed by atoms with Gasteiger partial charge in [0.1, 0.15) is 5.52 Å². The minimum atomic E-state index is -0.0788. The Morgan fingerprint density at radius 1 is 1.37 bits per heavy atom. The lowest BCUT2D eigenvalue weighted by Gasteiger charge is -2.19. The van der Waals surface area contributed by atoms with Gasteiger partial charge >= 0.3 is 0 Å². The number of aromatic nitrogens is 1. The number of oxazole rings is 1. The molecule has 0 fully saturated rings. The third-order valence-electron chi connectivity index (χ3n) is 2.56. The van der Waals surface area contributed by atoms with E-state index in [9.17, 15) is 4.79 Å². The van der Waals surface area contributed by atoms with Gasteiger partial charge in [-0.2, -0.15) is 0 Å². The molecule has 2 rings (SSSR count). The molecule has 0 saturated carbocycles. The summed E-state index contributed by atoms with van der Waals surface area (Å²) in [5.41, 5.74) is 2.12. The number of carbonyl (C=O) groups is 1. The summed E-state index contributed by atoms with van der Waals surface area (Å²) in [6, 6.07) is 5.42. The zero-order chi connectivity index (χ0) is 14.0. The Bertz CT molecular complexity index is 596. The number of nitrogens with one attached hydrogen (secondary N) is 2. The SMILES string of the molecule is Cc1nc2cc(NC(=O)CNC(C)(C)C)ccc2o1. The summed E-state index contributed by atoms with van der Waals surface area (Å²) in [5, 5.41) is 5.97. The Kier molecular flexibility index (Phi) is 3.57. The van der Waals surface area contributed by atoms with Gasteiger partial charge < -0.3 is 15.1 Å². The quantitative estimate of drug-likeness (QED) is 0.890. The van der Waals surface area contributed by atoms with Crippen molar-refractivity contribution in [1.29, 1.82) is 0 Å². The maximum absolute atomic E-state index is 11.8. The summed E-state index contributed by atoms with van der Waals surface area (Å²) < 4.78 is 5.38. The molecular formula is C14H19N3O2. The highest BCUT2D eigenvalue weighted by Gasteiger charge is 2.11. The van der Waals surface area contributed by atoms with Gasteiger partial charge in [0.15, 0.2) is 11.5 Å². The second-order valence-electron chi connectivity index (χ2n) is 5.57. The van der Waals surface area contributed by atoms with Crippen LogP contribution in [0.2, 0.25) is 0 Å². The molecule has 5 nitrogen and oxygen atoms in total. The van der Waals surface area contributed by atoms with E-state index in [0.717, 1.165) is 16.8 Å². The smallest absolute Gasteiger partial charge is 0.238 e. The molecule has 19 heavy (non-hydrogen) atoms. The Balaban J connectivity index is 2.02. The molecule has 0 spiro atoms. The summed E-state index contributed by atoms with van der Waals surface area (Å²) in [4.78, 5) is 16.0. The maximum Gasteiger partial charge on any atom is 0.238 e. The van der Waals surface area contributed by atoms with E-state index in [4.69, 9.17) is 4.42 Å². The van der Waals surface area contributed by atoms with Crippen LogP contribution in [0.25, 0.3) is 11.1 Å². The van der Waals surface area contributed by atoms with E-state index in [0.29, 0.717) is 5.89 Å². The molecule has 0 unspecified atom stereocenters. The van der Waals surface area contributed by atoms with Crippen LogP contribution in [0.1, 0.15) is 26.7 Å². The van der Waals surface area contributed by atoms with Gasteiger partial charge in [-0.05, 0) is 39.0 Å². The number of benzene rings is 1. The highest BCUT2D eigenvalue weighted by molar-refractivity contribution is 5.94. The van der Waals surface area contributed by atoms with Crippen LogP contribution >= 0.6 is 0 Å². The van der Waals surface area contributed by atoms with E-state index in [1.165, 1.54) is 0 Å². The van der Waals surface area contributed by atoms with Gasteiger partial charge in [0.25, 0.3) is 0 Å². The standard InChI is InChI=1S/C14H19N3O2/c1-9-16-11-7-10(5-6-12(11)19-9)17-13(18)8-15-14(2,3)4/h5-7,15H,8H2,1-4H3,(H,17,18). The van der Waals surface area contributed by atoms with Crippen LogP contribution in [0, 0.1) is 6.92 Å². The van der Waals surface area contributed by atoms with Gasteiger partial charge in [-0.3, -0.25) is 4.79 Å². The number of hydrogen-bond acceptors (Lipinski definition) is 4. The molecule has 1 aromatic carbocycles. The number of fused-ring (bicyclic) bond motifs is 1. The van der Waals surface area contributed by atoms with Crippen molar-refractivity contribution < 1.29 is 9.21 Å². The molecule has 0 saturated heterocycles. The van der Waals surface area contributed by atoms with Crippen molar-refractivity contribution in [2.75, 3.05) is 11.9 Å². The van der Waals surface area contributed by atoms with Crippen molar-refractivity contribution in [2.45, 2.75) is 33.2 Å². The van der Waals surface area contributed by atoms with E-state index < -0.39 is 0 Å². The molecule has 0 aliphatic carbocycles. The summed E-state index contributed by atoms with van der Waals surface area (Å²) in [5.74, 6) is 0.544. The van der Waals surface area contributed by atoms with Gasteiger partial charge in [-0.25, -0.2) is 4.98 Å². The lowest BCUT2D eigenvalue weighted by molar-refractivity contribution is -0.115. The predicted molar refractivity (Wildman–Crippen MR) is 75.1 cm³/mol. The Labute approximate surface area is 112 Å². The van der Waals surface area contributed by atoms with Crippen LogP contribution in [0.5, 0.6) is 0 Å². The fourth-order valence-corrected chi connectivity index (χ4v) is 1.67. The lowest BCUT2D eigenvalue weighted by atomic mass is 10.1. The van der Waals surface area contributed by atoms with Crippen molar-refractivity contribution in [3.8, 4) is 0 Å². The first-order chi connectivity index (χ1) is 8.83. The first-order valence-corrected chi connectivity index (χ1v) is 6.25. The predicted octanol–water partition coefficient (Wildman–Crippen LogP) is 2.46. The van der Waals surface area contributed by atoms with Crippen LogP contribution in [0.15, 0.2) is 22.6 Å². The number of hydrogen-bond donors (Lipinski definition) is 2. The van der Waals surface area contributed by atoms with E-state index in [2.05, 4.69) is 15.6 Å². The molecule has 102 valence electrons. The van der Waals surface area contributed by atoms with Gasteiger partial charge in [0.2, 0.25) is 5.91 Å². The number of carbonyl (C=O) groups excluding carboxylic acids is 1. The van der Waals surface area contributed by atoms with Crippen LogP contribution in [0.4, 0.5) is 5.69 Å². The van der Waals surface area contributed by atoms with Crippen molar-refractivity contribution in [2.24, 2.45) is 0 Å². The average molecular weight is 261 g/mol. The largest absolute Gasteiger partial charge is 0.441 e. The number of aryl methyl sites for hydroxylation is 1. The Morgan fingerprint density at radius 3 is 2.79 bits per heavy atom. The highest BCUT2D eigenvalue weighted by atomic mass is 16.3. The molecule has 1 heterocycles. The third-order valence-corrected chi connectivity index (χ3v) is 2.56. The average Bonchev–Trinajstić information content (AvgIpc) is 2.65. The fourth-order valence-electron chi connectivity index (χ4n) is 1.67. The van der Waals surface area contributed by atoms with E-state index >= 15 is 0 Å². The minimum Gasteiger partial charge on any atom is -0.441 e. The molecular weight excluding hydrogens is 242 g/mol. The molecule has 0 atom stereocenters. The molecule has 1 amide bonds. The number of amides is 1. The molecule has 0 bridgehead atoms. The molecule has 5 heteroatoms. The third kappa shape index (κ3) is 3.79. The van der Waals surface area contributed by atoms with Crippen molar-refractivity contribution in [3.05, 3.63) is 24.1 Å². The van der Waals surface area contributed by atoms with Gasteiger partial charge in [0.05, 0.1) is 6.54 Å². The summed E-state index contributed by atoms with van der Waals surface area (Å²) in [6.07, 6.45) is 0. The van der Waals surface area contributed by atoms with Crippen LogP contribution in [-0.4, -0.2) is 23.0 Å². The van der Waals surface area contributed by atoms with Crippen molar-refractivity contribution in [3.63, 3.8) is 0 Å². The maximum atomic E-state index is 11.8. The zero-order valence-corrected chi connectivity index (χ0v) is 11.7. The van der Waals surface area contributed by atoms with Crippen LogP contribution in [0.3, 0.4) is 0 Å². The molecule has 2 aromatic rings. The van der Waals surface area contributed by atoms with E-state index in [1.807, 2.05) is 32.9 Å².